The summed E-state index contributed by atoms with van der Waals surface area (Å²) in [6.45, 7) is 1.78. The monoisotopic (exact) mass is 279 g/mol. The zero-order valence-electron chi connectivity index (χ0n) is 9.54. The van der Waals surface area contributed by atoms with E-state index < -0.39 is 0 Å². The number of halogens is 1. The molecule has 0 radical (unpaired) electrons. The molecule has 1 atom stereocenters. The van der Waals surface area contributed by atoms with Gasteiger partial charge in [0.25, 0.3) is 0 Å². The van der Waals surface area contributed by atoms with Crippen LogP contribution in [0.5, 0.6) is 0 Å². The van der Waals surface area contributed by atoms with E-state index >= 15 is 0 Å². The van der Waals surface area contributed by atoms with Gasteiger partial charge >= 0.3 is 0 Å². The van der Waals surface area contributed by atoms with Gasteiger partial charge in [-0.15, -0.1) is 10.2 Å². The van der Waals surface area contributed by atoms with E-state index in [2.05, 4.69) is 16.3 Å². The Morgan fingerprint density at radius 3 is 2.94 bits per heavy atom. The van der Waals surface area contributed by atoms with Crippen molar-refractivity contribution in [2.75, 3.05) is 5.84 Å². The number of nitrogen functional groups attached to an aromatic ring is 1. The maximum atomic E-state index is 8.76. The fourth-order valence-electron chi connectivity index (χ4n) is 1.37. The zero-order valence-corrected chi connectivity index (χ0v) is 11.1. The van der Waals surface area contributed by atoms with Crippen LogP contribution in [0.1, 0.15) is 6.92 Å². The van der Waals surface area contributed by atoms with Gasteiger partial charge in [-0.05, 0) is 19.1 Å². The summed E-state index contributed by atoms with van der Waals surface area (Å²) in [4.78, 5) is 0. The number of benzene rings is 1. The molecule has 5 nitrogen and oxygen atoms in total. The van der Waals surface area contributed by atoms with E-state index in [1.54, 1.807) is 19.1 Å². The van der Waals surface area contributed by atoms with Crippen molar-refractivity contribution in [2.45, 2.75) is 17.3 Å². The summed E-state index contributed by atoms with van der Waals surface area (Å²) in [7, 11) is 0. The van der Waals surface area contributed by atoms with E-state index in [1.807, 2.05) is 12.1 Å². The highest BCUT2D eigenvalue weighted by molar-refractivity contribution is 8.00. The Morgan fingerprint density at radius 1 is 1.50 bits per heavy atom. The third-order valence-corrected chi connectivity index (χ3v) is 3.39. The second-order valence-electron chi connectivity index (χ2n) is 3.58. The number of nitrogens with zero attached hydrogens (tertiary/aromatic N) is 4. The third kappa shape index (κ3) is 2.58. The quantitative estimate of drug-likeness (QED) is 0.689. The van der Waals surface area contributed by atoms with Gasteiger partial charge in [-0.25, -0.2) is 4.68 Å². The van der Waals surface area contributed by atoms with Crippen LogP contribution in [0.4, 0.5) is 0 Å². The van der Waals surface area contributed by atoms with E-state index in [9.17, 15) is 0 Å². The molecule has 0 aliphatic rings. The molecule has 1 aromatic heterocycles. The summed E-state index contributed by atoms with van der Waals surface area (Å²) < 4.78 is 1.37. The summed E-state index contributed by atoms with van der Waals surface area (Å²) in [5.41, 5.74) is 0.786. The average Bonchev–Trinajstić information content (AvgIpc) is 2.71. The fraction of sp³-hybridized carbons (Fsp3) is 0.182. The first-order valence-electron chi connectivity index (χ1n) is 5.14. The molecule has 1 heterocycles. The van der Waals surface area contributed by atoms with Crippen molar-refractivity contribution in [3.63, 3.8) is 0 Å². The number of nitriles is 1. The predicted molar refractivity (Wildman–Crippen MR) is 71.6 cm³/mol. The third-order valence-electron chi connectivity index (χ3n) is 2.21. The van der Waals surface area contributed by atoms with Crippen molar-refractivity contribution < 1.29 is 0 Å². The molecule has 7 heteroatoms. The number of aromatic nitrogens is 3. The van der Waals surface area contributed by atoms with Crippen molar-refractivity contribution in [1.29, 1.82) is 5.26 Å². The van der Waals surface area contributed by atoms with E-state index in [0.29, 0.717) is 16.0 Å². The summed E-state index contributed by atoms with van der Waals surface area (Å²) in [6.07, 6.45) is 0. The first-order chi connectivity index (χ1) is 8.61. The molecular formula is C11H10ClN5S. The van der Waals surface area contributed by atoms with Gasteiger partial charge in [0, 0.05) is 10.6 Å². The van der Waals surface area contributed by atoms with Gasteiger partial charge in [-0.3, -0.25) is 0 Å². The Bertz CT molecular complexity index is 604. The molecule has 0 aliphatic heterocycles. The molecule has 0 saturated carbocycles. The molecule has 0 bridgehead atoms. The molecule has 1 aromatic carbocycles. The molecule has 2 N–H and O–H groups in total. The van der Waals surface area contributed by atoms with Crippen LogP contribution in [0.3, 0.4) is 0 Å². The number of hydrogen-bond donors (Lipinski definition) is 1. The first kappa shape index (κ1) is 12.7. The van der Waals surface area contributed by atoms with Crippen LogP contribution in [-0.4, -0.2) is 20.1 Å². The lowest BCUT2D eigenvalue weighted by Gasteiger charge is -2.04. The first-order valence-corrected chi connectivity index (χ1v) is 6.40. The molecule has 2 rings (SSSR count). The normalized spacial score (nSPS) is 12.1. The Morgan fingerprint density at radius 2 is 2.28 bits per heavy atom. The van der Waals surface area contributed by atoms with Crippen molar-refractivity contribution in [3.8, 4) is 17.5 Å². The fourth-order valence-corrected chi connectivity index (χ4v) is 2.21. The van der Waals surface area contributed by atoms with Crippen LogP contribution in [0.2, 0.25) is 5.02 Å². The zero-order chi connectivity index (χ0) is 13.1. The number of thioether (sulfide) groups is 1. The maximum absolute atomic E-state index is 8.76. The van der Waals surface area contributed by atoms with E-state index in [0.717, 1.165) is 5.56 Å². The molecule has 0 unspecified atom stereocenters. The molecule has 0 spiro atoms. The Balaban J connectivity index is 2.34. The molecule has 0 fully saturated rings. The van der Waals surface area contributed by atoms with E-state index in [1.165, 1.54) is 16.4 Å². The molecule has 92 valence electrons. The van der Waals surface area contributed by atoms with Crippen LogP contribution in [0.15, 0.2) is 29.4 Å². The minimum Gasteiger partial charge on any atom is -0.335 e. The standard InChI is InChI=1S/C11H10ClN5S/c1-7(6-13)18-11-16-15-10(17(11)14)8-3-2-4-9(12)5-8/h2-5,7H,14H2,1H3/t7-/m0/s1. The van der Waals surface area contributed by atoms with E-state index in [-0.39, 0.29) is 5.25 Å². The Kier molecular flexibility index (Phi) is 3.75. The topological polar surface area (TPSA) is 80.5 Å². The van der Waals surface area contributed by atoms with Crippen molar-refractivity contribution in [2.24, 2.45) is 0 Å². The molecule has 18 heavy (non-hydrogen) atoms. The van der Waals surface area contributed by atoms with Gasteiger partial charge in [0.05, 0.1) is 11.3 Å². The largest absolute Gasteiger partial charge is 0.335 e. The summed E-state index contributed by atoms with van der Waals surface area (Å²) in [5, 5.41) is 17.6. The summed E-state index contributed by atoms with van der Waals surface area (Å²) >= 11 is 7.17. The molecular weight excluding hydrogens is 270 g/mol. The summed E-state index contributed by atoms with van der Waals surface area (Å²) in [5.74, 6) is 6.43. The van der Waals surface area contributed by atoms with Crippen molar-refractivity contribution in [1.82, 2.24) is 14.9 Å². The van der Waals surface area contributed by atoms with Gasteiger partial charge in [-0.1, -0.05) is 35.5 Å². The van der Waals surface area contributed by atoms with Gasteiger partial charge in [0.15, 0.2) is 5.82 Å². The maximum Gasteiger partial charge on any atom is 0.211 e. The van der Waals surface area contributed by atoms with Crippen LogP contribution < -0.4 is 5.84 Å². The smallest absolute Gasteiger partial charge is 0.211 e. The number of nitrogens with two attached hydrogens (primary N) is 1. The minimum absolute atomic E-state index is 0.233. The SMILES string of the molecule is C[C@@H](C#N)Sc1nnc(-c2cccc(Cl)c2)n1N. The lowest BCUT2D eigenvalue weighted by atomic mass is 10.2. The van der Waals surface area contributed by atoms with Gasteiger partial charge < -0.3 is 5.84 Å². The van der Waals surface area contributed by atoms with Crippen molar-refractivity contribution in [3.05, 3.63) is 29.3 Å². The highest BCUT2D eigenvalue weighted by Gasteiger charge is 2.14. The van der Waals surface area contributed by atoms with Gasteiger partial charge in [0.2, 0.25) is 5.16 Å². The molecule has 0 saturated heterocycles. The predicted octanol–water partition coefficient (Wildman–Crippen LogP) is 2.32. The van der Waals surface area contributed by atoms with Crippen molar-refractivity contribution >= 4 is 23.4 Å². The summed E-state index contributed by atoms with van der Waals surface area (Å²) in [6, 6.07) is 9.30. The minimum atomic E-state index is -0.233. The Hall–Kier alpha value is -1.71. The molecule has 0 amide bonds. The second kappa shape index (κ2) is 5.29. The highest BCUT2D eigenvalue weighted by Crippen LogP contribution is 2.25. The van der Waals surface area contributed by atoms with Crippen LogP contribution in [0.25, 0.3) is 11.4 Å². The molecule has 0 aliphatic carbocycles. The van der Waals surface area contributed by atoms with Crippen LogP contribution in [0, 0.1) is 11.3 Å². The lowest BCUT2D eigenvalue weighted by molar-refractivity contribution is 0.848. The number of rotatable bonds is 3. The van der Waals surface area contributed by atoms with Crippen LogP contribution in [-0.2, 0) is 0 Å². The average molecular weight is 280 g/mol. The number of hydrogen-bond acceptors (Lipinski definition) is 5. The second-order valence-corrected chi connectivity index (χ2v) is 5.32. The molecule has 2 aromatic rings. The Labute approximate surface area is 114 Å². The highest BCUT2D eigenvalue weighted by atomic mass is 35.5. The lowest BCUT2D eigenvalue weighted by Crippen LogP contribution is -2.12. The van der Waals surface area contributed by atoms with Gasteiger partial charge in [0.1, 0.15) is 0 Å². The van der Waals surface area contributed by atoms with Gasteiger partial charge in [-0.2, -0.15) is 5.26 Å². The van der Waals surface area contributed by atoms with E-state index in [4.69, 9.17) is 22.7 Å². The van der Waals surface area contributed by atoms with Crippen LogP contribution >= 0.6 is 23.4 Å².